The Kier molecular flexibility index (Phi) is 5.70. The number of carbonyl (C=O) groups excluding carboxylic acids is 1. The zero-order valence-corrected chi connectivity index (χ0v) is 12.6. The van der Waals surface area contributed by atoms with Crippen molar-refractivity contribution in [2.24, 2.45) is 0 Å². The predicted octanol–water partition coefficient (Wildman–Crippen LogP) is 2.96. The molecular formula is C15H16BrN3O. The van der Waals surface area contributed by atoms with Crippen molar-refractivity contribution in [3.05, 3.63) is 58.8 Å². The van der Waals surface area contributed by atoms with Crippen LogP contribution in [0.5, 0.6) is 0 Å². The van der Waals surface area contributed by atoms with Gasteiger partial charge in [-0.05, 0) is 30.3 Å². The van der Waals surface area contributed by atoms with Gasteiger partial charge in [-0.3, -0.25) is 9.78 Å². The molecule has 0 aliphatic rings. The van der Waals surface area contributed by atoms with Crippen LogP contribution in [0.15, 0.2) is 53.1 Å². The normalized spacial score (nSPS) is 10.2. The summed E-state index contributed by atoms with van der Waals surface area (Å²) in [7, 11) is 0. The number of aromatic nitrogens is 1. The number of carbonyl (C=O) groups is 1. The van der Waals surface area contributed by atoms with E-state index < -0.39 is 0 Å². The van der Waals surface area contributed by atoms with Crippen LogP contribution in [0.25, 0.3) is 0 Å². The summed E-state index contributed by atoms with van der Waals surface area (Å²) < 4.78 is 0.948. The van der Waals surface area contributed by atoms with Crippen LogP contribution in [0, 0.1) is 0 Å². The van der Waals surface area contributed by atoms with Gasteiger partial charge in [0.15, 0.2) is 0 Å². The highest BCUT2D eigenvalue weighted by molar-refractivity contribution is 9.10. The summed E-state index contributed by atoms with van der Waals surface area (Å²) in [5.41, 5.74) is 1.77. The maximum absolute atomic E-state index is 11.8. The third-order valence-corrected chi connectivity index (χ3v) is 3.16. The fourth-order valence-corrected chi connectivity index (χ4v) is 2.11. The molecule has 1 aromatic heterocycles. The largest absolute Gasteiger partial charge is 0.326 e. The zero-order chi connectivity index (χ0) is 14.2. The zero-order valence-electron chi connectivity index (χ0n) is 11.0. The SMILES string of the molecule is O=C(CCNCc1ccccn1)Nc1cccc(Br)c1. The minimum Gasteiger partial charge on any atom is -0.326 e. The number of hydrogen-bond donors (Lipinski definition) is 2. The highest BCUT2D eigenvalue weighted by Crippen LogP contribution is 2.15. The molecule has 4 nitrogen and oxygen atoms in total. The van der Waals surface area contributed by atoms with E-state index in [0.29, 0.717) is 19.5 Å². The maximum Gasteiger partial charge on any atom is 0.225 e. The van der Waals surface area contributed by atoms with Gasteiger partial charge in [0.2, 0.25) is 5.91 Å². The van der Waals surface area contributed by atoms with E-state index in [4.69, 9.17) is 0 Å². The second kappa shape index (κ2) is 7.77. The fourth-order valence-electron chi connectivity index (χ4n) is 1.71. The van der Waals surface area contributed by atoms with Crippen LogP contribution in [0.3, 0.4) is 0 Å². The van der Waals surface area contributed by atoms with Gasteiger partial charge < -0.3 is 10.6 Å². The lowest BCUT2D eigenvalue weighted by molar-refractivity contribution is -0.116. The van der Waals surface area contributed by atoms with E-state index in [1.165, 1.54) is 0 Å². The molecule has 20 heavy (non-hydrogen) atoms. The molecule has 2 N–H and O–H groups in total. The second-order valence-corrected chi connectivity index (χ2v) is 5.22. The number of rotatable bonds is 6. The van der Waals surface area contributed by atoms with E-state index in [2.05, 4.69) is 31.5 Å². The molecule has 0 aliphatic carbocycles. The predicted molar refractivity (Wildman–Crippen MR) is 83.3 cm³/mol. The molecule has 0 saturated heterocycles. The molecule has 1 heterocycles. The highest BCUT2D eigenvalue weighted by Gasteiger charge is 2.02. The molecule has 0 fully saturated rings. The Morgan fingerprint density at radius 1 is 1.20 bits per heavy atom. The molecule has 0 aliphatic heterocycles. The third kappa shape index (κ3) is 5.11. The number of nitrogens with zero attached hydrogens (tertiary/aromatic N) is 1. The Morgan fingerprint density at radius 2 is 2.10 bits per heavy atom. The maximum atomic E-state index is 11.8. The van der Waals surface area contributed by atoms with Crippen molar-refractivity contribution in [1.29, 1.82) is 0 Å². The Hall–Kier alpha value is -1.72. The van der Waals surface area contributed by atoms with E-state index in [0.717, 1.165) is 15.9 Å². The quantitative estimate of drug-likeness (QED) is 0.799. The Labute approximate surface area is 126 Å². The standard InChI is InChI=1S/C15H16BrN3O/c16-12-4-3-6-13(10-12)19-15(20)7-9-17-11-14-5-1-2-8-18-14/h1-6,8,10,17H,7,9,11H2,(H,19,20). The van der Waals surface area contributed by atoms with Crippen LogP contribution in [-0.4, -0.2) is 17.4 Å². The Balaban J connectivity index is 1.68. The van der Waals surface area contributed by atoms with Crippen molar-refractivity contribution in [2.75, 3.05) is 11.9 Å². The molecule has 0 bridgehead atoms. The van der Waals surface area contributed by atoms with Crippen molar-refractivity contribution < 1.29 is 4.79 Å². The summed E-state index contributed by atoms with van der Waals surface area (Å²) in [6, 6.07) is 13.3. The second-order valence-electron chi connectivity index (χ2n) is 4.31. The average molecular weight is 334 g/mol. The lowest BCUT2D eigenvalue weighted by atomic mass is 10.3. The molecule has 1 aromatic carbocycles. The number of halogens is 1. The van der Waals surface area contributed by atoms with Gasteiger partial charge in [0, 0.05) is 35.9 Å². The number of pyridine rings is 1. The summed E-state index contributed by atoms with van der Waals surface area (Å²) in [5, 5.41) is 6.05. The van der Waals surface area contributed by atoms with Gasteiger partial charge in [0.05, 0.1) is 5.69 Å². The van der Waals surface area contributed by atoms with Crippen LogP contribution < -0.4 is 10.6 Å². The molecule has 0 unspecified atom stereocenters. The molecule has 104 valence electrons. The Morgan fingerprint density at radius 3 is 2.85 bits per heavy atom. The molecule has 0 spiro atoms. The first kappa shape index (κ1) is 14.7. The third-order valence-electron chi connectivity index (χ3n) is 2.67. The summed E-state index contributed by atoms with van der Waals surface area (Å²) in [6.45, 7) is 1.29. The molecule has 0 saturated carbocycles. The van der Waals surface area contributed by atoms with Gasteiger partial charge in [-0.15, -0.1) is 0 Å². The van der Waals surface area contributed by atoms with Crippen molar-refractivity contribution >= 4 is 27.5 Å². The van der Waals surface area contributed by atoms with Crippen LogP contribution >= 0.6 is 15.9 Å². The average Bonchev–Trinajstić information content (AvgIpc) is 2.45. The van der Waals surface area contributed by atoms with Crippen molar-refractivity contribution in [3.8, 4) is 0 Å². The van der Waals surface area contributed by atoms with Gasteiger partial charge in [-0.25, -0.2) is 0 Å². The minimum absolute atomic E-state index is 0.00313. The number of anilines is 1. The van der Waals surface area contributed by atoms with Crippen LogP contribution in [0.4, 0.5) is 5.69 Å². The lowest BCUT2D eigenvalue weighted by Crippen LogP contribution is -2.21. The smallest absolute Gasteiger partial charge is 0.225 e. The number of benzene rings is 1. The fraction of sp³-hybridized carbons (Fsp3) is 0.200. The van der Waals surface area contributed by atoms with Crippen molar-refractivity contribution in [3.63, 3.8) is 0 Å². The van der Waals surface area contributed by atoms with E-state index in [1.54, 1.807) is 6.20 Å². The van der Waals surface area contributed by atoms with Gasteiger partial charge >= 0.3 is 0 Å². The monoisotopic (exact) mass is 333 g/mol. The van der Waals surface area contributed by atoms with E-state index >= 15 is 0 Å². The molecular weight excluding hydrogens is 318 g/mol. The molecule has 1 amide bonds. The number of amides is 1. The van der Waals surface area contributed by atoms with Crippen LogP contribution in [-0.2, 0) is 11.3 Å². The van der Waals surface area contributed by atoms with Crippen LogP contribution in [0.2, 0.25) is 0 Å². The summed E-state index contributed by atoms with van der Waals surface area (Å²) in [5.74, 6) is -0.00313. The van der Waals surface area contributed by atoms with Crippen molar-refractivity contribution in [2.45, 2.75) is 13.0 Å². The topological polar surface area (TPSA) is 54.0 Å². The molecule has 0 radical (unpaired) electrons. The summed E-state index contributed by atoms with van der Waals surface area (Å²) in [6.07, 6.45) is 2.19. The number of nitrogens with one attached hydrogen (secondary N) is 2. The van der Waals surface area contributed by atoms with Gasteiger partial charge in [0.25, 0.3) is 0 Å². The molecule has 2 rings (SSSR count). The highest BCUT2D eigenvalue weighted by atomic mass is 79.9. The first-order chi connectivity index (χ1) is 9.74. The summed E-state index contributed by atoms with van der Waals surface area (Å²) in [4.78, 5) is 16.0. The first-order valence-corrected chi connectivity index (χ1v) is 7.19. The van der Waals surface area contributed by atoms with E-state index in [-0.39, 0.29) is 5.91 Å². The molecule has 2 aromatic rings. The number of hydrogen-bond acceptors (Lipinski definition) is 3. The van der Waals surface area contributed by atoms with Crippen molar-refractivity contribution in [1.82, 2.24) is 10.3 Å². The Bertz CT molecular complexity index is 560. The van der Waals surface area contributed by atoms with Crippen LogP contribution in [0.1, 0.15) is 12.1 Å². The van der Waals surface area contributed by atoms with E-state index in [1.807, 2.05) is 42.5 Å². The van der Waals surface area contributed by atoms with Gasteiger partial charge in [0.1, 0.15) is 0 Å². The summed E-state index contributed by atoms with van der Waals surface area (Å²) >= 11 is 3.37. The molecule has 0 atom stereocenters. The first-order valence-electron chi connectivity index (χ1n) is 6.40. The minimum atomic E-state index is -0.00313. The lowest BCUT2D eigenvalue weighted by Gasteiger charge is -2.06. The van der Waals surface area contributed by atoms with E-state index in [9.17, 15) is 4.79 Å². The molecule has 5 heteroatoms. The van der Waals surface area contributed by atoms with Gasteiger partial charge in [-0.2, -0.15) is 0 Å². The van der Waals surface area contributed by atoms with Gasteiger partial charge in [-0.1, -0.05) is 28.1 Å².